The lowest BCUT2D eigenvalue weighted by Crippen LogP contribution is -2.51. The maximum Gasteiger partial charge on any atom is 0.317 e. The quantitative estimate of drug-likeness (QED) is 0.874. The standard InChI is InChI=1S/C17H26N2O2/c1-14(2)19(13-17(20)21)16-9-6-10-18(12-16)11-15-7-4-3-5-8-15/h3-5,7-8,14,16H,6,9-13H2,1-2H3,(H,20,21). The van der Waals surface area contributed by atoms with Crippen LogP contribution in [0.1, 0.15) is 32.3 Å². The Morgan fingerprint density at radius 2 is 2.10 bits per heavy atom. The van der Waals surface area contributed by atoms with E-state index in [0.717, 1.165) is 32.5 Å². The van der Waals surface area contributed by atoms with Gasteiger partial charge in [-0.15, -0.1) is 0 Å². The minimum Gasteiger partial charge on any atom is -0.480 e. The number of carboxylic acids is 1. The van der Waals surface area contributed by atoms with Gasteiger partial charge in [-0.1, -0.05) is 30.3 Å². The predicted octanol–water partition coefficient (Wildman–Crippen LogP) is 2.45. The van der Waals surface area contributed by atoms with Crippen LogP contribution in [-0.4, -0.2) is 52.6 Å². The highest BCUT2D eigenvalue weighted by atomic mass is 16.4. The Bertz CT molecular complexity index is 447. The lowest BCUT2D eigenvalue weighted by Gasteiger charge is -2.40. The monoisotopic (exact) mass is 290 g/mol. The van der Waals surface area contributed by atoms with Crippen LogP contribution < -0.4 is 0 Å². The van der Waals surface area contributed by atoms with Gasteiger partial charge in [0.15, 0.2) is 0 Å². The molecule has 1 fully saturated rings. The van der Waals surface area contributed by atoms with Crippen molar-refractivity contribution in [3.8, 4) is 0 Å². The topological polar surface area (TPSA) is 43.8 Å². The first-order chi connectivity index (χ1) is 10.1. The van der Waals surface area contributed by atoms with Crippen LogP contribution in [0.4, 0.5) is 0 Å². The van der Waals surface area contributed by atoms with E-state index in [1.54, 1.807) is 0 Å². The van der Waals surface area contributed by atoms with Crippen molar-refractivity contribution in [3.05, 3.63) is 35.9 Å². The third-order valence-electron chi connectivity index (χ3n) is 4.18. The largest absolute Gasteiger partial charge is 0.480 e. The van der Waals surface area contributed by atoms with Gasteiger partial charge in [0.25, 0.3) is 0 Å². The molecule has 1 aromatic carbocycles. The second-order valence-corrected chi connectivity index (χ2v) is 6.18. The van der Waals surface area contributed by atoms with Crippen LogP contribution in [0.3, 0.4) is 0 Å². The Balaban J connectivity index is 1.97. The average molecular weight is 290 g/mol. The van der Waals surface area contributed by atoms with E-state index >= 15 is 0 Å². The molecule has 1 N–H and O–H groups in total. The molecular formula is C17H26N2O2. The second kappa shape index (κ2) is 7.57. The number of carboxylic acid groups (broad SMARTS) is 1. The van der Waals surface area contributed by atoms with Crippen molar-refractivity contribution in [2.24, 2.45) is 0 Å². The molecule has 4 heteroatoms. The molecule has 21 heavy (non-hydrogen) atoms. The predicted molar refractivity (Wildman–Crippen MR) is 84.2 cm³/mol. The third kappa shape index (κ3) is 4.83. The maximum absolute atomic E-state index is 11.1. The number of benzene rings is 1. The molecule has 0 aromatic heterocycles. The first-order valence-electron chi connectivity index (χ1n) is 7.80. The Labute approximate surface area is 127 Å². The Morgan fingerprint density at radius 1 is 1.38 bits per heavy atom. The number of aliphatic carboxylic acids is 1. The van der Waals surface area contributed by atoms with E-state index in [2.05, 4.69) is 47.9 Å². The number of likely N-dealkylation sites (tertiary alicyclic amines) is 1. The number of carbonyl (C=O) groups is 1. The van der Waals surface area contributed by atoms with E-state index in [-0.39, 0.29) is 12.6 Å². The molecule has 1 saturated heterocycles. The van der Waals surface area contributed by atoms with Crippen molar-refractivity contribution < 1.29 is 9.90 Å². The maximum atomic E-state index is 11.1. The number of rotatable bonds is 6. The van der Waals surface area contributed by atoms with Crippen molar-refractivity contribution in [3.63, 3.8) is 0 Å². The van der Waals surface area contributed by atoms with Crippen LogP contribution >= 0.6 is 0 Å². The second-order valence-electron chi connectivity index (χ2n) is 6.18. The molecule has 0 saturated carbocycles. The minimum atomic E-state index is -0.733. The fraction of sp³-hybridized carbons (Fsp3) is 0.588. The van der Waals surface area contributed by atoms with E-state index in [4.69, 9.17) is 5.11 Å². The average Bonchev–Trinajstić information content (AvgIpc) is 2.45. The summed E-state index contributed by atoms with van der Waals surface area (Å²) in [7, 11) is 0. The summed E-state index contributed by atoms with van der Waals surface area (Å²) in [5.41, 5.74) is 1.33. The summed E-state index contributed by atoms with van der Waals surface area (Å²) in [4.78, 5) is 15.6. The van der Waals surface area contributed by atoms with E-state index in [1.807, 2.05) is 6.07 Å². The van der Waals surface area contributed by atoms with Gasteiger partial charge in [0, 0.05) is 25.2 Å². The molecule has 0 radical (unpaired) electrons. The molecule has 0 spiro atoms. The van der Waals surface area contributed by atoms with Gasteiger partial charge in [-0.25, -0.2) is 0 Å². The fourth-order valence-corrected chi connectivity index (χ4v) is 3.18. The van der Waals surface area contributed by atoms with Gasteiger partial charge >= 0.3 is 5.97 Å². The van der Waals surface area contributed by atoms with Gasteiger partial charge in [0.2, 0.25) is 0 Å². The SMILES string of the molecule is CC(C)N(CC(=O)O)C1CCCN(Cc2ccccc2)C1. The highest BCUT2D eigenvalue weighted by molar-refractivity contribution is 5.69. The van der Waals surface area contributed by atoms with Gasteiger partial charge < -0.3 is 5.11 Å². The van der Waals surface area contributed by atoms with Crippen LogP contribution in [0.15, 0.2) is 30.3 Å². The zero-order valence-corrected chi connectivity index (χ0v) is 13.0. The zero-order chi connectivity index (χ0) is 15.2. The first-order valence-corrected chi connectivity index (χ1v) is 7.80. The summed E-state index contributed by atoms with van der Waals surface area (Å²) in [5.74, 6) is -0.733. The lowest BCUT2D eigenvalue weighted by molar-refractivity contribution is -0.140. The summed E-state index contributed by atoms with van der Waals surface area (Å²) in [5, 5.41) is 9.11. The number of piperidine rings is 1. The van der Waals surface area contributed by atoms with Gasteiger partial charge in [-0.2, -0.15) is 0 Å². The van der Waals surface area contributed by atoms with Crippen molar-refractivity contribution in [2.75, 3.05) is 19.6 Å². The first kappa shape index (κ1) is 16.0. The van der Waals surface area contributed by atoms with Gasteiger partial charge in [0.1, 0.15) is 0 Å². The Morgan fingerprint density at radius 3 is 2.71 bits per heavy atom. The molecule has 0 bridgehead atoms. The molecular weight excluding hydrogens is 264 g/mol. The molecule has 1 heterocycles. The minimum absolute atomic E-state index is 0.140. The highest BCUT2D eigenvalue weighted by Crippen LogP contribution is 2.19. The van der Waals surface area contributed by atoms with Crippen LogP contribution in [-0.2, 0) is 11.3 Å². The Hall–Kier alpha value is -1.39. The van der Waals surface area contributed by atoms with Gasteiger partial charge in [-0.05, 0) is 38.8 Å². The van der Waals surface area contributed by atoms with E-state index in [0.29, 0.717) is 6.04 Å². The van der Waals surface area contributed by atoms with Gasteiger partial charge in [-0.3, -0.25) is 14.6 Å². The highest BCUT2D eigenvalue weighted by Gasteiger charge is 2.28. The molecule has 1 unspecified atom stereocenters. The van der Waals surface area contributed by atoms with E-state index in [1.165, 1.54) is 5.56 Å². The number of nitrogens with zero attached hydrogens (tertiary/aromatic N) is 2. The molecule has 1 atom stereocenters. The Kier molecular flexibility index (Phi) is 5.76. The molecule has 0 aliphatic carbocycles. The molecule has 1 aliphatic rings. The third-order valence-corrected chi connectivity index (χ3v) is 4.18. The lowest BCUT2D eigenvalue weighted by atomic mass is 10.0. The smallest absolute Gasteiger partial charge is 0.317 e. The van der Waals surface area contributed by atoms with Crippen molar-refractivity contribution in [1.82, 2.24) is 9.80 Å². The zero-order valence-electron chi connectivity index (χ0n) is 13.0. The molecule has 4 nitrogen and oxygen atoms in total. The summed E-state index contributed by atoms with van der Waals surface area (Å²) >= 11 is 0. The van der Waals surface area contributed by atoms with Crippen LogP contribution in [0.25, 0.3) is 0 Å². The van der Waals surface area contributed by atoms with Gasteiger partial charge in [0.05, 0.1) is 6.54 Å². The van der Waals surface area contributed by atoms with E-state index in [9.17, 15) is 4.79 Å². The molecule has 0 amide bonds. The molecule has 116 valence electrons. The summed E-state index contributed by atoms with van der Waals surface area (Å²) in [6.07, 6.45) is 2.23. The molecule has 1 aromatic rings. The van der Waals surface area contributed by atoms with Crippen LogP contribution in [0.5, 0.6) is 0 Å². The van der Waals surface area contributed by atoms with Crippen LogP contribution in [0.2, 0.25) is 0 Å². The molecule has 2 rings (SSSR count). The summed E-state index contributed by atoms with van der Waals surface area (Å²) in [6.45, 7) is 7.32. The van der Waals surface area contributed by atoms with Crippen molar-refractivity contribution in [2.45, 2.75) is 45.3 Å². The fourth-order valence-electron chi connectivity index (χ4n) is 3.18. The number of hydrogen-bond donors (Lipinski definition) is 1. The number of hydrogen-bond acceptors (Lipinski definition) is 3. The van der Waals surface area contributed by atoms with Crippen molar-refractivity contribution in [1.29, 1.82) is 0 Å². The summed E-state index contributed by atoms with van der Waals surface area (Å²) in [6, 6.07) is 11.1. The van der Waals surface area contributed by atoms with E-state index < -0.39 is 5.97 Å². The normalized spacial score (nSPS) is 20.1. The van der Waals surface area contributed by atoms with Crippen molar-refractivity contribution >= 4 is 5.97 Å². The van der Waals surface area contributed by atoms with Crippen LogP contribution in [0, 0.1) is 0 Å². The summed E-state index contributed by atoms with van der Waals surface area (Å²) < 4.78 is 0. The molecule has 1 aliphatic heterocycles.